The minimum Gasteiger partial charge on any atom is -0.453 e. The zero-order valence-electron chi connectivity index (χ0n) is 13.0. The first-order chi connectivity index (χ1) is 9.19. The predicted octanol–water partition coefficient (Wildman–Crippen LogP) is 2.28. The van der Waals surface area contributed by atoms with Crippen LogP contribution in [-0.4, -0.2) is 39.0 Å². The summed E-state index contributed by atoms with van der Waals surface area (Å²) in [6.07, 6.45) is 1.84. The largest absolute Gasteiger partial charge is 0.453 e. The van der Waals surface area contributed by atoms with E-state index in [9.17, 15) is 9.59 Å². The minimum atomic E-state index is -0.424. The first-order valence-electron chi connectivity index (χ1n) is 6.86. The van der Waals surface area contributed by atoms with Gasteiger partial charge in [0, 0.05) is 12.6 Å². The van der Waals surface area contributed by atoms with Crippen LogP contribution in [0.5, 0.6) is 0 Å². The minimum absolute atomic E-state index is 0.0515. The molecule has 0 aromatic carbocycles. The Bertz CT molecular complexity index is 370. The van der Waals surface area contributed by atoms with Crippen molar-refractivity contribution in [3.63, 3.8) is 0 Å². The number of carbonyl (C=O) groups excluding carboxylic acids is 2. The average molecular weight is 286 g/mol. The van der Waals surface area contributed by atoms with Gasteiger partial charge < -0.3 is 20.1 Å². The lowest BCUT2D eigenvalue weighted by molar-refractivity contribution is 0.0662. The van der Waals surface area contributed by atoms with Gasteiger partial charge in [0.25, 0.3) is 0 Å². The van der Waals surface area contributed by atoms with Gasteiger partial charge in [0.2, 0.25) is 0 Å². The van der Waals surface area contributed by atoms with Crippen molar-refractivity contribution in [1.82, 2.24) is 10.6 Å². The Kier molecular flexibility index (Phi) is 5.25. The van der Waals surface area contributed by atoms with Gasteiger partial charge >= 0.3 is 12.2 Å². The third kappa shape index (κ3) is 4.90. The molecule has 2 amide bonds. The number of hydrogen-bond acceptors (Lipinski definition) is 4. The van der Waals surface area contributed by atoms with E-state index in [0.717, 1.165) is 19.3 Å². The Morgan fingerprint density at radius 2 is 1.70 bits per heavy atom. The molecule has 0 heterocycles. The number of alkyl carbamates (subject to hydrolysis) is 2. The van der Waals surface area contributed by atoms with Gasteiger partial charge in [-0.2, -0.15) is 0 Å². The standard InChI is InChI=1S/C14H26N2O4/c1-13(2)6-10(16-12(18)20-5)7-14(3,8-13)9-15-11(17)19-4/h10H,6-9H2,1-5H3,(H,15,17)(H,16,18)/t10-,14+/m1/s1. The van der Waals surface area contributed by atoms with Crippen molar-refractivity contribution in [3.05, 3.63) is 0 Å². The molecule has 2 N–H and O–H groups in total. The smallest absolute Gasteiger partial charge is 0.407 e. The molecule has 6 nitrogen and oxygen atoms in total. The van der Waals surface area contributed by atoms with Gasteiger partial charge in [-0.1, -0.05) is 20.8 Å². The van der Waals surface area contributed by atoms with Crippen molar-refractivity contribution in [2.75, 3.05) is 20.8 Å². The average Bonchev–Trinajstić information content (AvgIpc) is 2.33. The van der Waals surface area contributed by atoms with Crippen LogP contribution in [0.2, 0.25) is 0 Å². The van der Waals surface area contributed by atoms with Crippen LogP contribution in [0, 0.1) is 10.8 Å². The van der Waals surface area contributed by atoms with E-state index in [1.54, 1.807) is 0 Å². The highest BCUT2D eigenvalue weighted by atomic mass is 16.5. The topological polar surface area (TPSA) is 76.7 Å². The molecule has 0 aromatic heterocycles. The second kappa shape index (κ2) is 6.33. The van der Waals surface area contributed by atoms with Crippen LogP contribution in [-0.2, 0) is 9.47 Å². The molecule has 0 bridgehead atoms. The lowest BCUT2D eigenvalue weighted by Crippen LogP contribution is -2.50. The van der Waals surface area contributed by atoms with Gasteiger partial charge in [-0.25, -0.2) is 9.59 Å². The molecule has 2 atom stereocenters. The predicted molar refractivity (Wildman–Crippen MR) is 75.5 cm³/mol. The first-order valence-corrected chi connectivity index (χ1v) is 6.86. The van der Waals surface area contributed by atoms with Crippen LogP contribution in [0.25, 0.3) is 0 Å². The van der Waals surface area contributed by atoms with Crippen molar-refractivity contribution in [2.24, 2.45) is 10.8 Å². The maximum atomic E-state index is 11.4. The summed E-state index contributed by atoms with van der Waals surface area (Å²) >= 11 is 0. The third-order valence-electron chi connectivity index (χ3n) is 3.80. The number of carbonyl (C=O) groups is 2. The fourth-order valence-corrected chi connectivity index (χ4v) is 3.45. The quantitative estimate of drug-likeness (QED) is 0.834. The van der Waals surface area contributed by atoms with Gasteiger partial charge in [0.1, 0.15) is 0 Å². The summed E-state index contributed by atoms with van der Waals surface area (Å²) in [5, 5.41) is 5.64. The molecule has 6 heteroatoms. The van der Waals surface area contributed by atoms with Crippen LogP contribution >= 0.6 is 0 Å². The zero-order chi connectivity index (χ0) is 15.4. The molecule has 0 spiro atoms. The van der Waals surface area contributed by atoms with Crippen LogP contribution < -0.4 is 10.6 Å². The highest BCUT2D eigenvalue weighted by molar-refractivity contribution is 5.67. The molecule has 1 aliphatic rings. The van der Waals surface area contributed by atoms with Crippen molar-refractivity contribution < 1.29 is 19.1 Å². The van der Waals surface area contributed by atoms with E-state index in [4.69, 9.17) is 0 Å². The highest BCUT2D eigenvalue weighted by Gasteiger charge is 2.42. The van der Waals surface area contributed by atoms with E-state index in [2.05, 4.69) is 40.9 Å². The van der Waals surface area contributed by atoms with E-state index in [0.29, 0.717) is 6.54 Å². The van der Waals surface area contributed by atoms with Gasteiger partial charge in [0.05, 0.1) is 14.2 Å². The van der Waals surface area contributed by atoms with Crippen LogP contribution in [0.3, 0.4) is 0 Å². The molecule has 1 rings (SSSR count). The van der Waals surface area contributed by atoms with Crippen molar-refractivity contribution in [2.45, 2.75) is 46.1 Å². The number of amides is 2. The monoisotopic (exact) mass is 286 g/mol. The van der Waals surface area contributed by atoms with E-state index < -0.39 is 12.2 Å². The normalized spacial score (nSPS) is 28.4. The Hall–Kier alpha value is -1.46. The van der Waals surface area contributed by atoms with Crippen LogP contribution in [0.15, 0.2) is 0 Å². The van der Waals surface area contributed by atoms with Crippen LogP contribution in [0.1, 0.15) is 40.0 Å². The van der Waals surface area contributed by atoms with Crippen LogP contribution in [0.4, 0.5) is 9.59 Å². The maximum absolute atomic E-state index is 11.4. The van der Waals surface area contributed by atoms with E-state index in [-0.39, 0.29) is 16.9 Å². The fraction of sp³-hybridized carbons (Fsp3) is 0.857. The summed E-state index contributed by atoms with van der Waals surface area (Å²) in [4.78, 5) is 22.6. The fourth-order valence-electron chi connectivity index (χ4n) is 3.45. The lowest BCUT2D eigenvalue weighted by Gasteiger charge is -2.46. The van der Waals surface area contributed by atoms with Gasteiger partial charge in [-0.3, -0.25) is 0 Å². The first kappa shape index (κ1) is 16.6. The summed E-state index contributed by atoms with van der Waals surface area (Å²) in [6.45, 7) is 7.00. The Morgan fingerprint density at radius 3 is 2.25 bits per heavy atom. The number of nitrogens with one attached hydrogen (secondary N) is 2. The molecule has 1 fully saturated rings. The number of methoxy groups -OCH3 is 2. The number of ether oxygens (including phenoxy) is 2. The van der Waals surface area contributed by atoms with Gasteiger partial charge in [-0.15, -0.1) is 0 Å². The lowest BCUT2D eigenvalue weighted by atomic mass is 9.62. The maximum Gasteiger partial charge on any atom is 0.407 e. The highest BCUT2D eigenvalue weighted by Crippen LogP contribution is 2.45. The Labute approximate surface area is 120 Å². The summed E-state index contributed by atoms with van der Waals surface area (Å²) in [6, 6.07) is 0.0515. The molecule has 0 aliphatic heterocycles. The summed E-state index contributed by atoms with van der Waals surface area (Å²) in [7, 11) is 2.71. The molecule has 1 aliphatic carbocycles. The van der Waals surface area contributed by atoms with E-state index in [1.165, 1.54) is 14.2 Å². The van der Waals surface area contributed by atoms with Crippen molar-refractivity contribution in [3.8, 4) is 0 Å². The molecule has 1 saturated carbocycles. The molecular weight excluding hydrogens is 260 g/mol. The molecular formula is C14H26N2O4. The molecule has 116 valence electrons. The van der Waals surface area contributed by atoms with E-state index >= 15 is 0 Å². The molecule has 0 radical (unpaired) electrons. The van der Waals surface area contributed by atoms with Crippen molar-refractivity contribution >= 4 is 12.2 Å². The number of hydrogen-bond donors (Lipinski definition) is 2. The number of rotatable bonds is 3. The molecule has 0 unspecified atom stereocenters. The Balaban J connectivity index is 2.70. The third-order valence-corrected chi connectivity index (χ3v) is 3.80. The summed E-state index contributed by atoms with van der Waals surface area (Å²) in [5.41, 5.74) is 0.0120. The van der Waals surface area contributed by atoms with Crippen molar-refractivity contribution in [1.29, 1.82) is 0 Å². The van der Waals surface area contributed by atoms with Gasteiger partial charge in [0.15, 0.2) is 0 Å². The molecule has 20 heavy (non-hydrogen) atoms. The molecule has 0 saturated heterocycles. The zero-order valence-corrected chi connectivity index (χ0v) is 13.0. The van der Waals surface area contributed by atoms with E-state index in [1.807, 2.05) is 0 Å². The summed E-state index contributed by atoms with van der Waals surface area (Å²) in [5.74, 6) is 0. The SMILES string of the molecule is COC(=O)NC[C@@]1(C)C[C@H](NC(=O)OC)CC(C)(C)C1. The second-order valence-corrected chi connectivity index (χ2v) is 6.74. The summed E-state index contributed by atoms with van der Waals surface area (Å²) < 4.78 is 9.27. The second-order valence-electron chi connectivity index (χ2n) is 6.74. The Morgan fingerprint density at radius 1 is 1.10 bits per heavy atom. The molecule has 0 aromatic rings. The van der Waals surface area contributed by atoms with Gasteiger partial charge in [-0.05, 0) is 30.1 Å².